The second-order valence-electron chi connectivity index (χ2n) is 4.92. The first-order chi connectivity index (χ1) is 11.0. The molecule has 0 saturated heterocycles. The maximum atomic E-state index is 12.0. The number of aliphatic imine (C=N–C) groups is 1. The van der Waals surface area contributed by atoms with E-state index in [0.717, 1.165) is 0 Å². The number of nitrogens with zero attached hydrogens (tertiary/aromatic N) is 1. The van der Waals surface area contributed by atoms with Crippen LogP contribution in [0, 0.1) is 0 Å². The lowest BCUT2D eigenvalue weighted by Crippen LogP contribution is -2.33. The molecule has 7 heteroatoms. The summed E-state index contributed by atoms with van der Waals surface area (Å²) in [4.78, 5) is 16.4. The van der Waals surface area contributed by atoms with E-state index in [-0.39, 0.29) is 0 Å². The number of nitrogens with one attached hydrogen (secondary N) is 1. The predicted molar refractivity (Wildman–Crippen MR) is 91.7 cm³/mol. The van der Waals surface area contributed by atoms with Crippen LogP contribution in [0.1, 0.15) is 11.1 Å². The number of halogens is 2. The lowest BCUT2D eigenvalue weighted by molar-refractivity contribution is -0.117. The number of benzodiazepines with no additional fused rings is 1. The van der Waals surface area contributed by atoms with Gasteiger partial charge in [0.15, 0.2) is 6.17 Å². The van der Waals surface area contributed by atoms with Crippen molar-refractivity contribution in [2.24, 2.45) is 10.7 Å². The normalized spacial score (nSPS) is 17.0. The van der Waals surface area contributed by atoms with Crippen molar-refractivity contribution >= 4 is 40.5 Å². The summed E-state index contributed by atoms with van der Waals surface area (Å²) in [7, 11) is 1.51. The standard InChI is InChI=1S/C16H13Cl2N3O2/c1-23-12-7-8(17)6-10(18)13(12)14-9-4-2-3-5-11(9)20-16(22)15(19)21-14/h2-7,15H,19H2,1H3,(H,20,22)/t15-/m1/s1. The molecular weight excluding hydrogens is 337 g/mol. The summed E-state index contributed by atoms with van der Waals surface area (Å²) in [6, 6.07) is 10.5. The fourth-order valence-corrected chi connectivity index (χ4v) is 2.98. The zero-order valence-corrected chi connectivity index (χ0v) is 13.7. The van der Waals surface area contributed by atoms with Gasteiger partial charge in [0.25, 0.3) is 5.91 Å². The van der Waals surface area contributed by atoms with Crippen LogP contribution >= 0.6 is 23.2 Å². The van der Waals surface area contributed by atoms with E-state index in [4.69, 9.17) is 33.7 Å². The van der Waals surface area contributed by atoms with Crippen LogP contribution in [-0.4, -0.2) is 24.9 Å². The average molecular weight is 350 g/mol. The summed E-state index contributed by atoms with van der Waals surface area (Å²) in [5, 5.41) is 3.56. The summed E-state index contributed by atoms with van der Waals surface area (Å²) in [5.74, 6) is 0.0640. The first-order valence-electron chi connectivity index (χ1n) is 6.78. The molecule has 2 aromatic carbocycles. The number of rotatable bonds is 2. The number of hydrogen-bond acceptors (Lipinski definition) is 4. The summed E-state index contributed by atoms with van der Waals surface area (Å²) in [6.45, 7) is 0. The smallest absolute Gasteiger partial charge is 0.263 e. The first kappa shape index (κ1) is 15.8. The lowest BCUT2D eigenvalue weighted by Gasteiger charge is -2.15. The topological polar surface area (TPSA) is 76.7 Å². The SMILES string of the molecule is COc1cc(Cl)cc(Cl)c1C1=N[C@@H](N)C(=O)Nc2ccccc21. The zero-order valence-electron chi connectivity index (χ0n) is 12.1. The van der Waals surface area contributed by atoms with Gasteiger partial charge in [0.2, 0.25) is 0 Å². The number of hydrogen-bond donors (Lipinski definition) is 2. The van der Waals surface area contributed by atoms with Crippen molar-refractivity contribution in [3.63, 3.8) is 0 Å². The molecule has 1 heterocycles. The third-order valence-corrected chi connectivity index (χ3v) is 3.97. The Labute approximate surface area is 143 Å². The second-order valence-corrected chi connectivity index (χ2v) is 5.77. The van der Waals surface area contributed by atoms with E-state index >= 15 is 0 Å². The Kier molecular flexibility index (Phi) is 4.26. The van der Waals surface area contributed by atoms with Gasteiger partial charge in [0.05, 0.1) is 29.1 Å². The van der Waals surface area contributed by atoms with E-state index in [1.165, 1.54) is 7.11 Å². The molecule has 5 nitrogen and oxygen atoms in total. The van der Waals surface area contributed by atoms with Gasteiger partial charge < -0.3 is 15.8 Å². The van der Waals surface area contributed by atoms with Crippen LogP contribution in [0.5, 0.6) is 5.75 Å². The Bertz CT molecular complexity index is 821. The molecule has 118 valence electrons. The van der Waals surface area contributed by atoms with Crippen molar-refractivity contribution in [2.75, 3.05) is 12.4 Å². The fourth-order valence-electron chi connectivity index (χ4n) is 2.41. The van der Waals surface area contributed by atoms with Crippen molar-refractivity contribution in [2.45, 2.75) is 6.17 Å². The number of amides is 1. The van der Waals surface area contributed by atoms with Crippen LogP contribution < -0.4 is 15.8 Å². The van der Waals surface area contributed by atoms with Gasteiger partial charge in [0.1, 0.15) is 5.75 Å². The van der Waals surface area contributed by atoms with Crippen LogP contribution in [0.4, 0.5) is 5.69 Å². The molecule has 1 atom stereocenters. The van der Waals surface area contributed by atoms with Crippen LogP contribution in [0.25, 0.3) is 0 Å². The molecule has 0 aliphatic carbocycles. The Hall–Kier alpha value is -2.08. The third-order valence-electron chi connectivity index (χ3n) is 3.45. The van der Waals surface area contributed by atoms with Crippen molar-refractivity contribution in [3.8, 4) is 5.75 Å². The third kappa shape index (κ3) is 2.91. The maximum absolute atomic E-state index is 12.0. The summed E-state index contributed by atoms with van der Waals surface area (Å²) in [5.41, 5.74) is 8.18. The number of methoxy groups -OCH3 is 1. The molecule has 0 bridgehead atoms. The molecule has 0 fully saturated rings. The highest BCUT2D eigenvalue weighted by Gasteiger charge is 2.26. The van der Waals surface area contributed by atoms with Crippen molar-refractivity contribution in [3.05, 3.63) is 57.6 Å². The first-order valence-corrected chi connectivity index (χ1v) is 7.54. The highest BCUT2D eigenvalue weighted by Crippen LogP contribution is 2.35. The van der Waals surface area contributed by atoms with Crippen molar-refractivity contribution in [1.82, 2.24) is 0 Å². The minimum Gasteiger partial charge on any atom is -0.496 e. The van der Waals surface area contributed by atoms with Crippen molar-refractivity contribution in [1.29, 1.82) is 0 Å². The quantitative estimate of drug-likeness (QED) is 0.874. The highest BCUT2D eigenvalue weighted by molar-refractivity contribution is 6.39. The summed E-state index contributed by atoms with van der Waals surface area (Å²) < 4.78 is 5.38. The average Bonchev–Trinajstić information content (AvgIpc) is 2.64. The number of nitrogens with two attached hydrogens (primary N) is 1. The number of benzene rings is 2. The minimum absolute atomic E-state index is 0.365. The Morgan fingerprint density at radius 2 is 2.00 bits per heavy atom. The molecule has 0 spiro atoms. The van der Waals surface area contributed by atoms with E-state index in [9.17, 15) is 4.79 Å². The molecule has 23 heavy (non-hydrogen) atoms. The number of para-hydroxylation sites is 1. The summed E-state index contributed by atoms with van der Waals surface area (Å²) in [6.07, 6.45) is -1.05. The van der Waals surface area contributed by atoms with Gasteiger partial charge in [-0.3, -0.25) is 9.79 Å². The number of carbonyl (C=O) groups is 1. The Morgan fingerprint density at radius 3 is 2.74 bits per heavy atom. The molecule has 1 amide bonds. The van der Waals surface area contributed by atoms with Gasteiger partial charge in [-0.2, -0.15) is 0 Å². The van der Waals surface area contributed by atoms with Gasteiger partial charge >= 0.3 is 0 Å². The molecule has 3 rings (SSSR count). The summed E-state index contributed by atoms with van der Waals surface area (Å²) >= 11 is 12.4. The van der Waals surface area contributed by atoms with E-state index in [0.29, 0.717) is 38.3 Å². The van der Waals surface area contributed by atoms with Gasteiger partial charge in [-0.15, -0.1) is 0 Å². The van der Waals surface area contributed by atoms with Gasteiger partial charge in [-0.1, -0.05) is 41.4 Å². The molecule has 1 aliphatic rings. The molecule has 0 aromatic heterocycles. The molecule has 0 saturated carbocycles. The lowest BCUT2D eigenvalue weighted by atomic mass is 9.99. The maximum Gasteiger partial charge on any atom is 0.263 e. The molecule has 2 aromatic rings. The van der Waals surface area contributed by atoms with Crippen molar-refractivity contribution < 1.29 is 9.53 Å². The molecule has 3 N–H and O–H groups in total. The molecule has 1 aliphatic heterocycles. The number of ether oxygens (including phenoxy) is 1. The Balaban J connectivity index is 2.30. The number of fused-ring (bicyclic) bond motifs is 1. The van der Waals surface area contributed by atoms with Gasteiger partial charge in [-0.25, -0.2) is 0 Å². The fraction of sp³-hybridized carbons (Fsp3) is 0.125. The largest absolute Gasteiger partial charge is 0.496 e. The minimum atomic E-state index is -1.05. The monoisotopic (exact) mass is 349 g/mol. The number of carbonyl (C=O) groups excluding carboxylic acids is 1. The zero-order chi connectivity index (χ0) is 16.6. The predicted octanol–water partition coefficient (Wildman–Crippen LogP) is 3.08. The van der Waals surface area contributed by atoms with E-state index in [1.807, 2.05) is 18.2 Å². The number of anilines is 1. The van der Waals surface area contributed by atoms with E-state index < -0.39 is 12.1 Å². The van der Waals surface area contributed by atoms with Crippen LogP contribution in [0.2, 0.25) is 10.0 Å². The van der Waals surface area contributed by atoms with E-state index in [1.54, 1.807) is 18.2 Å². The molecule has 0 radical (unpaired) electrons. The van der Waals surface area contributed by atoms with Gasteiger partial charge in [0, 0.05) is 10.6 Å². The van der Waals surface area contributed by atoms with Gasteiger partial charge in [-0.05, 0) is 18.2 Å². The molecule has 0 unspecified atom stereocenters. The Morgan fingerprint density at radius 1 is 1.26 bits per heavy atom. The molecular formula is C16H13Cl2N3O2. The van der Waals surface area contributed by atoms with E-state index in [2.05, 4.69) is 10.3 Å². The second kappa shape index (κ2) is 6.20. The van der Waals surface area contributed by atoms with Crippen LogP contribution in [0.3, 0.4) is 0 Å². The van der Waals surface area contributed by atoms with Crippen LogP contribution in [0.15, 0.2) is 41.4 Å². The highest BCUT2D eigenvalue weighted by atomic mass is 35.5. The van der Waals surface area contributed by atoms with Crippen LogP contribution in [-0.2, 0) is 4.79 Å².